The molecule has 0 amide bonds. The van der Waals surface area contributed by atoms with Crippen molar-refractivity contribution >= 4 is 0 Å². The molecule has 19 heavy (non-hydrogen) atoms. The minimum absolute atomic E-state index is 0.147. The van der Waals surface area contributed by atoms with Crippen LogP contribution in [0.4, 0.5) is 0 Å². The summed E-state index contributed by atoms with van der Waals surface area (Å²) in [5, 5.41) is 12.6. The molecule has 0 saturated carbocycles. The van der Waals surface area contributed by atoms with Gasteiger partial charge in [0.1, 0.15) is 0 Å². The highest BCUT2D eigenvalue weighted by Crippen LogP contribution is 2.09. The van der Waals surface area contributed by atoms with Gasteiger partial charge in [0.2, 0.25) is 0 Å². The Balaban J connectivity index is 2.08. The number of ether oxygens (including phenoxy) is 1. The van der Waals surface area contributed by atoms with E-state index in [0.29, 0.717) is 6.61 Å². The molecule has 108 valence electrons. The minimum Gasteiger partial charge on any atom is -0.394 e. The molecule has 0 aliphatic rings. The van der Waals surface area contributed by atoms with Crippen molar-refractivity contribution in [3.05, 3.63) is 35.9 Å². The van der Waals surface area contributed by atoms with Gasteiger partial charge in [-0.2, -0.15) is 0 Å². The largest absolute Gasteiger partial charge is 0.394 e. The van der Waals surface area contributed by atoms with Crippen molar-refractivity contribution in [1.82, 2.24) is 5.32 Å². The fourth-order valence-electron chi connectivity index (χ4n) is 2.07. The third-order valence-corrected chi connectivity index (χ3v) is 3.35. The topological polar surface area (TPSA) is 41.5 Å². The van der Waals surface area contributed by atoms with Gasteiger partial charge in [-0.25, -0.2) is 0 Å². The van der Waals surface area contributed by atoms with Crippen LogP contribution in [0.15, 0.2) is 30.3 Å². The van der Waals surface area contributed by atoms with E-state index in [-0.39, 0.29) is 12.1 Å². The lowest BCUT2D eigenvalue weighted by molar-refractivity contribution is 0.0864. The summed E-state index contributed by atoms with van der Waals surface area (Å²) in [5.74, 6) is 0. The highest BCUT2D eigenvalue weighted by atomic mass is 16.5. The number of aryl methyl sites for hydroxylation is 1. The molecule has 0 radical (unpaired) electrons. The van der Waals surface area contributed by atoms with Crippen LogP contribution in [0.25, 0.3) is 0 Å². The van der Waals surface area contributed by atoms with Crippen molar-refractivity contribution in [1.29, 1.82) is 0 Å². The average molecular weight is 265 g/mol. The molecule has 0 bridgehead atoms. The van der Waals surface area contributed by atoms with Gasteiger partial charge in [0, 0.05) is 18.8 Å². The molecular formula is C16H27NO2. The summed E-state index contributed by atoms with van der Waals surface area (Å²) in [6.45, 7) is 6.57. The second-order valence-electron chi connectivity index (χ2n) is 5.20. The summed E-state index contributed by atoms with van der Waals surface area (Å²) in [4.78, 5) is 0. The summed E-state index contributed by atoms with van der Waals surface area (Å²) < 4.78 is 5.65. The summed E-state index contributed by atoms with van der Waals surface area (Å²) in [6.07, 6.45) is 2.94. The normalized spacial score (nSPS) is 14.3. The third-order valence-electron chi connectivity index (χ3n) is 3.35. The Morgan fingerprint density at radius 2 is 1.95 bits per heavy atom. The molecule has 0 aromatic heterocycles. The molecule has 3 nitrogen and oxygen atoms in total. The minimum atomic E-state index is -0.214. The molecule has 0 saturated heterocycles. The smallest absolute Gasteiger partial charge is 0.0611 e. The Bertz CT molecular complexity index is 329. The van der Waals surface area contributed by atoms with Gasteiger partial charge in [0.25, 0.3) is 0 Å². The summed E-state index contributed by atoms with van der Waals surface area (Å²) >= 11 is 0. The van der Waals surface area contributed by atoms with Crippen LogP contribution in [0.5, 0.6) is 0 Å². The molecule has 0 spiro atoms. The van der Waals surface area contributed by atoms with Crippen LogP contribution in [-0.4, -0.2) is 37.0 Å². The van der Waals surface area contributed by atoms with Gasteiger partial charge in [-0.05, 0) is 38.3 Å². The maximum absolute atomic E-state index is 9.35. The van der Waals surface area contributed by atoms with Crippen LogP contribution in [0.2, 0.25) is 0 Å². The number of nitrogens with one attached hydrogen (secondary N) is 1. The predicted molar refractivity (Wildman–Crippen MR) is 79.4 cm³/mol. The molecule has 0 aliphatic carbocycles. The fraction of sp³-hybridized carbons (Fsp3) is 0.625. The maximum atomic E-state index is 9.35. The van der Waals surface area contributed by atoms with Gasteiger partial charge in [0.15, 0.2) is 0 Å². The molecule has 1 unspecified atom stereocenters. The average Bonchev–Trinajstić information content (AvgIpc) is 2.44. The first-order valence-electron chi connectivity index (χ1n) is 7.18. The number of likely N-dealkylation sites (N-methyl/N-ethyl adjacent to an activating group) is 1. The zero-order valence-electron chi connectivity index (χ0n) is 12.2. The molecule has 1 rings (SSSR count). The molecule has 1 atom stereocenters. The van der Waals surface area contributed by atoms with Crippen LogP contribution in [0.3, 0.4) is 0 Å². The van der Waals surface area contributed by atoms with Gasteiger partial charge >= 0.3 is 0 Å². The van der Waals surface area contributed by atoms with Crippen molar-refractivity contribution in [2.24, 2.45) is 0 Å². The zero-order valence-corrected chi connectivity index (χ0v) is 12.2. The Labute approximate surface area is 117 Å². The van der Waals surface area contributed by atoms with E-state index in [2.05, 4.69) is 36.5 Å². The monoisotopic (exact) mass is 265 g/mol. The van der Waals surface area contributed by atoms with E-state index < -0.39 is 0 Å². The molecule has 0 heterocycles. The van der Waals surface area contributed by atoms with Gasteiger partial charge in [0.05, 0.1) is 6.61 Å². The Morgan fingerprint density at radius 3 is 2.58 bits per heavy atom. The lowest BCUT2D eigenvalue weighted by Gasteiger charge is -2.28. The van der Waals surface area contributed by atoms with E-state index in [1.165, 1.54) is 5.56 Å². The number of aliphatic hydroxyl groups excluding tert-OH is 1. The Hall–Kier alpha value is -0.900. The molecule has 2 N–H and O–H groups in total. The second-order valence-corrected chi connectivity index (χ2v) is 5.20. The van der Waals surface area contributed by atoms with Crippen molar-refractivity contribution in [3.8, 4) is 0 Å². The summed E-state index contributed by atoms with van der Waals surface area (Å²) in [7, 11) is 0. The standard InChI is InChI=1S/C16H27NO2/c1-3-17-16(2,14-18)11-13-19-12-7-10-15-8-5-4-6-9-15/h4-6,8-9,17-18H,3,7,10-14H2,1-2H3. The second kappa shape index (κ2) is 9.08. The van der Waals surface area contributed by atoms with Crippen LogP contribution >= 0.6 is 0 Å². The number of hydrogen-bond acceptors (Lipinski definition) is 3. The van der Waals surface area contributed by atoms with Crippen molar-refractivity contribution in [2.75, 3.05) is 26.4 Å². The molecule has 1 aromatic carbocycles. The van der Waals surface area contributed by atoms with Crippen LogP contribution in [0, 0.1) is 0 Å². The lowest BCUT2D eigenvalue weighted by Crippen LogP contribution is -2.46. The predicted octanol–water partition coefficient (Wildman–Crippen LogP) is 2.39. The number of benzene rings is 1. The molecule has 3 heteroatoms. The van der Waals surface area contributed by atoms with E-state index in [9.17, 15) is 5.11 Å². The first-order chi connectivity index (χ1) is 9.20. The number of aliphatic hydroxyl groups is 1. The SMILES string of the molecule is CCNC(C)(CO)CCOCCCc1ccccc1. The van der Waals surface area contributed by atoms with Crippen LogP contribution in [0.1, 0.15) is 32.3 Å². The van der Waals surface area contributed by atoms with E-state index in [4.69, 9.17) is 4.74 Å². The number of hydrogen-bond donors (Lipinski definition) is 2. The number of rotatable bonds is 10. The molecule has 0 aliphatic heterocycles. The lowest BCUT2D eigenvalue weighted by atomic mass is 10.00. The van der Waals surface area contributed by atoms with E-state index in [1.807, 2.05) is 13.0 Å². The molecular weight excluding hydrogens is 238 g/mol. The first-order valence-corrected chi connectivity index (χ1v) is 7.18. The zero-order chi connectivity index (χ0) is 14.0. The quantitative estimate of drug-likeness (QED) is 0.638. The summed E-state index contributed by atoms with van der Waals surface area (Å²) in [5.41, 5.74) is 1.15. The highest BCUT2D eigenvalue weighted by Gasteiger charge is 2.20. The van der Waals surface area contributed by atoms with E-state index >= 15 is 0 Å². The third kappa shape index (κ3) is 6.71. The first kappa shape index (κ1) is 16.2. The fourth-order valence-corrected chi connectivity index (χ4v) is 2.07. The van der Waals surface area contributed by atoms with Crippen LogP contribution < -0.4 is 5.32 Å². The van der Waals surface area contributed by atoms with Gasteiger partial charge in [-0.15, -0.1) is 0 Å². The van der Waals surface area contributed by atoms with Gasteiger partial charge in [-0.1, -0.05) is 37.3 Å². The van der Waals surface area contributed by atoms with Crippen molar-refractivity contribution in [3.63, 3.8) is 0 Å². The van der Waals surface area contributed by atoms with Gasteiger partial charge in [-0.3, -0.25) is 0 Å². The molecule has 1 aromatic rings. The maximum Gasteiger partial charge on any atom is 0.0611 e. The highest BCUT2D eigenvalue weighted by molar-refractivity contribution is 5.14. The summed E-state index contributed by atoms with van der Waals surface area (Å²) in [6, 6.07) is 10.5. The Morgan fingerprint density at radius 1 is 1.21 bits per heavy atom. The van der Waals surface area contributed by atoms with Crippen molar-refractivity contribution < 1.29 is 9.84 Å². The molecule has 0 fully saturated rings. The van der Waals surface area contributed by atoms with Crippen LogP contribution in [-0.2, 0) is 11.2 Å². The van der Waals surface area contributed by atoms with Crippen molar-refractivity contribution in [2.45, 2.75) is 38.6 Å². The Kier molecular flexibility index (Phi) is 7.72. The van der Waals surface area contributed by atoms with E-state index in [0.717, 1.165) is 32.4 Å². The van der Waals surface area contributed by atoms with Gasteiger partial charge < -0.3 is 15.2 Å². The van der Waals surface area contributed by atoms with E-state index in [1.54, 1.807) is 0 Å².